The summed E-state index contributed by atoms with van der Waals surface area (Å²) in [5.41, 5.74) is 4.64. The van der Waals surface area contributed by atoms with Crippen LogP contribution in [0, 0.1) is 13.8 Å². The van der Waals surface area contributed by atoms with E-state index in [1.807, 2.05) is 56.3 Å². The molecule has 4 nitrogen and oxygen atoms in total. The molecule has 0 aromatic heterocycles. The summed E-state index contributed by atoms with van der Waals surface area (Å²) < 4.78 is 0. The van der Waals surface area contributed by atoms with Gasteiger partial charge in [0.2, 0.25) is 5.91 Å². The second-order valence-corrected chi connectivity index (χ2v) is 6.00. The van der Waals surface area contributed by atoms with Gasteiger partial charge >= 0.3 is 0 Å². The van der Waals surface area contributed by atoms with Gasteiger partial charge in [-0.1, -0.05) is 30.3 Å². The normalized spacial score (nSPS) is 14.6. The number of nitrogens with one attached hydrogen (secondary N) is 1. The SMILES string of the molecule is Cc1cccc(NC(=O)[C@H](C)N2Cc3ccccc3C2=O)c1C. The Labute approximate surface area is 136 Å². The van der Waals surface area contributed by atoms with Crippen molar-refractivity contribution in [3.05, 3.63) is 64.7 Å². The molecule has 1 aliphatic rings. The number of aryl methyl sites for hydroxylation is 1. The number of benzene rings is 2. The fourth-order valence-corrected chi connectivity index (χ4v) is 2.85. The van der Waals surface area contributed by atoms with Crippen LogP contribution in [0.5, 0.6) is 0 Å². The van der Waals surface area contributed by atoms with Crippen LogP contribution >= 0.6 is 0 Å². The Morgan fingerprint density at radius 2 is 1.87 bits per heavy atom. The first-order valence-electron chi connectivity index (χ1n) is 7.75. The van der Waals surface area contributed by atoms with Gasteiger partial charge < -0.3 is 10.2 Å². The van der Waals surface area contributed by atoms with E-state index in [0.717, 1.165) is 22.4 Å². The molecule has 0 bridgehead atoms. The molecule has 118 valence electrons. The molecule has 2 aromatic carbocycles. The third-order valence-electron chi connectivity index (χ3n) is 4.56. The van der Waals surface area contributed by atoms with Gasteiger partial charge in [-0.25, -0.2) is 0 Å². The molecule has 0 saturated heterocycles. The zero-order chi connectivity index (χ0) is 16.6. The van der Waals surface area contributed by atoms with Crippen LogP contribution in [0.3, 0.4) is 0 Å². The topological polar surface area (TPSA) is 49.4 Å². The molecule has 3 rings (SSSR count). The molecule has 0 radical (unpaired) electrons. The Bertz CT molecular complexity index is 783. The van der Waals surface area contributed by atoms with Crippen LogP contribution in [-0.2, 0) is 11.3 Å². The summed E-state index contributed by atoms with van der Waals surface area (Å²) >= 11 is 0. The molecule has 2 aromatic rings. The third kappa shape index (κ3) is 2.72. The van der Waals surface area contributed by atoms with Gasteiger partial charge in [0.15, 0.2) is 0 Å². The standard InChI is InChI=1S/C19H20N2O2/c1-12-7-6-10-17(13(12)2)20-18(22)14(3)21-11-15-8-4-5-9-16(15)19(21)23/h4-10,14H,11H2,1-3H3,(H,20,22)/t14-/m0/s1. The van der Waals surface area contributed by atoms with Crippen molar-refractivity contribution in [3.63, 3.8) is 0 Å². The van der Waals surface area contributed by atoms with E-state index in [0.29, 0.717) is 12.1 Å². The number of rotatable bonds is 3. The predicted molar refractivity (Wildman–Crippen MR) is 90.3 cm³/mol. The number of fused-ring (bicyclic) bond motifs is 1. The summed E-state index contributed by atoms with van der Waals surface area (Å²) in [6, 6.07) is 12.8. The Morgan fingerprint density at radius 1 is 1.13 bits per heavy atom. The number of hydrogen-bond donors (Lipinski definition) is 1. The number of carbonyl (C=O) groups is 2. The van der Waals surface area contributed by atoms with Crippen molar-refractivity contribution in [1.82, 2.24) is 4.90 Å². The fraction of sp³-hybridized carbons (Fsp3) is 0.263. The summed E-state index contributed by atoms with van der Waals surface area (Å²) in [4.78, 5) is 26.6. The second kappa shape index (κ2) is 5.88. The monoisotopic (exact) mass is 308 g/mol. The highest BCUT2D eigenvalue weighted by molar-refractivity contribution is 6.03. The van der Waals surface area contributed by atoms with E-state index in [2.05, 4.69) is 5.32 Å². The average Bonchev–Trinajstić information content (AvgIpc) is 2.88. The number of hydrogen-bond acceptors (Lipinski definition) is 2. The highest BCUT2D eigenvalue weighted by Gasteiger charge is 2.33. The predicted octanol–water partition coefficient (Wildman–Crippen LogP) is 3.29. The van der Waals surface area contributed by atoms with Crippen LogP contribution in [0.1, 0.15) is 34.0 Å². The lowest BCUT2D eigenvalue weighted by Gasteiger charge is -2.24. The molecule has 23 heavy (non-hydrogen) atoms. The first kappa shape index (κ1) is 15.3. The molecule has 0 aliphatic carbocycles. The van der Waals surface area contributed by atoms with Crippen molar-refractivity contribution in [2.45, 2.75) is 33.4 Å². The molecular formula is C19H20N2O2. The van der Waals surface area contributed by atoms with Crippen molar-refractivity contribution >= 4 is 17.5 Å². The largest absolute Gasteiger partial charge is 0.324 e. The van der Waals surface area contributed by atoms with Crippen molar-refractivity contribution in [3.8, 4) is 0 Å². The molecule has 4 heteroatoms. The zero-order valence-corrected chi connectivity index (χ0v) is 13.6. The smallest absolute Gasteiger partial charge is 0.255 e. The lowest BCUT2D eigenvalue weighted by atomic mass is 10.1. The lowest BCUT2D eigenvalue weighted by molar-refractivity contribution is -0.120. The molecule has 1 N–H and O–H groups in total. The van der Waals surface area contributed by atoms with E-state index in [1.165, 1.54) is 0 Å². The summed E-state index contributed by atoms with van der Waals surface area (Å²) in [6.45, 7) is 6.24. The van der Waals surface area contributed by atoms with Gasteiger partial charge in [0, 0.05) is 17.8 Å². The minimum Gasteiger partial charge on any atom is -0.324 e. The molecule has 1 atom stereocenters. The van der Waals surface area contributed by atoms with Crippen molar-refractivity contribution in [2.24, 2.45) is 0 Å². The highest BCUT2D eigenvalue weighted by Crippen LogP contribution is 2.25. The van der Waals surface area contributed by atoms with Gasteiger partial charge in [0.05, 0.1) is 0 Å². The number of nitrogens with zero attached hydrogens (tertiary/aromatic N) is 1. The number of carbonyl (C=O) groups excluding carboxylic acids is 2. The van der Waals surface area contributed by atoms with E-state index >= 15 is 0 Å². The quantitative estimate of drug-likeness (QED) is 0.946. The van der Waals surface area contributed by atoms with E-state index in [4.69, 9.17) is 0 Å². The van der Waals surface area contributed by atoms with Gasteiger partial charge in [-0.05, 0) is 49.6 Å². The zero-order valence-electron chi connectivity index (χ0n) is 13.6. The number of amides is 2. The Morgan fingerprint density at radius 3 is 2.61 bits per heavy atom. The van der Waals surface area contributed by atoms with Crippen LogP contribution in [0.4, 0.5) is 5.69 Å². The van der Waals surface area contributed by atoms with Gasteiger partial charge in [-0.2, -0.15) is 0 Å². The van der Waals surface area contributed by atoms with Gasteiger partial charge in [-0.15, -0.1) is 0 Å². The van der Waals surface area contributed by atoms with Crippen molar-refractivity contribution in [1.29, 1.82) is 0 Å². The molecule has 0 unspecified atom stereocenters. The van der Waals surface area contributed by atoms with E-state index in [1.54, 1.807) is 11.8 Å². The molecule has 0 spiro atoms. The average molecular weight is 308 g/mol. The van der Waals surface area contributed by atoms with Crippen LogP contribution in [0.15, 0.2) is 42.5 Å². The molecule has 0 saturated carbocycles. The Kier molecular flexibility index (Phi) is 3.90. The molecular weight excluding hydrogens is 288 g/mol. The van der Waals surface area contributed by atoms with E-state index in [9.17, 15) is 9.59 Å². The van der Waals surface area contributed by atoms with Crippen LogP contribution in [-0.4, -0.2) is 22.8 Å². The number of anilines is 1. The first-order valence-corrected chi connectivity index (χ1v) is 7.75. The van der Waals surface area contributed by atoms with Crippen LogP contribution < -0.4 is 5.32 Å². The van der Waals surface area contributed by atoms with Crippen molar-refractivity contribution < 1.29 is 9.59 Å². The molecule has 2 amide bonds. The molecule has 1 heterocycles. The van der Waals surface area contributed by atoms with Gasteiger partial charge in [0.1, 0.15) is 6.04 Å². The summed E-state index contributed by atoms with van der Waals surface area (Å²) in [5.74, 6) is -0.246. The van der Waals surface area contributed by atoms with Gasteiger partial charge in [-0.3, -0.25) is 9.59 Å². The third-order valence-corrected chi connectivity index (χ3v) is 4.56. The minimum absolute atomic E-state index is 0.0794. The van der Waals surface area contributed by atoms with Crippen molar-refractivity contribution in [2.75, 3.05) is 5.32 Å². The fourth-order valence-electron chi connectivity index (χ4n) is 2.85. The Hall–Kier alpha value is -2.62. The molecule has 1 aliphatic heterocycles. The maximum atomic E-state index is 12.6. The Balaban J connectivity index is 1.76. The maximum Gasteiger partial charge on any atom is 0.255 e. The lowest BCUT2D eigenvalue weighted by Crippen LogP contribution is -2.42. The maximum absolute atomic E-state index is 12.6. The highest BCUT2D eigenvalue weighted by atomic mass is 16.2. The summed E-state index contributed by atoms with van der Waals surface area (Å²) in [7, 11) is 0. The van der Waals surface area contributed by atoms with Crippen LogP contribution in [0.25, 0.3) is 0 Å². The molecule has 0 fully saturated rings. The van der Waals surface area contributed by atoms with Crippen LogP contribution in [0.2, 0.25) is 0 Å². The summed E-state index contributed by atoms with van der Waals surface area (Å²) in [6.07, 6.45) is 0. The van der Waals surface area contributed by atoms with Gasteiger partial charge in [0.25, 0.3) is 5.91 Å². The second-order valence-electron chi connectivity index (χ2n) is 6.00. The van der Waals surface area contributed by atoms with E-state index < -0.39 is 6.04 Å². The minimum atomic E-state index is -0.519. The van der Waals surface area contributed by atoms with E-state index in [-0.39, 0.29) is 11.8 Å². The summed E-state index contributed by atoms with van der Waals surface area (Å²) in [5, 5.41) is 2.94. The first-order chi connectivity index (χ1) is 11.0.